The molecule has 2 aromatic carbocycles. The van der Waals surface area contributed by atoms with Crippen LogP contribution in [0.15, 0.2) is 42.5 Å². The molecule has 2 aromatic rings. The Kier molecular flexibility index (Phi) is 4.69. The number of nitrogens with one attached hydrogen (secondary N) is 1. The number of rotatable bonds is 4. The average Bonchev–Trinajstić information content (AvgIpc) is 2.54. The highest BCUT2D eigenvalue weighted by Crippen LogP contribution is 2.20. The molecule has 0 aliphatic carbocycles. The SMILES string of the molecule is N#Cc1ccc(NC(=O)C(=O)c2ccc([N+](=O)[O-])cc2)cc1Cl. The lowest BCUT2D eigenvalue weighted by molar-refractivity contribution is -0.384. The van der Waals surface area contributed by atoms with Gasteiger partial charge in [-0.15, -0.1) is 0 Å². The number of carbonyl (C=O) groups is 2. The molecule has 0 saturated carbocycles. The molecule has 0 unspecified atom stereocenters. The van der Waals surface area contributed by atoms with Crippen molar-refractivity contribution >= 4 is 34.7 Å². The molecule has 0 spiro atoms. The Morgan fingerprint density at radius 3 is 2.35 bits per heavy atom. The van der Waals surface area contributed by atoms with Crippen molar-refractivity contribution in [3.63, 3.8) is 0 Å². The molecule has 7 nitrogen and oxygen atoms in total. The number of amides is 1. The number of non-ortho nitro benzene ring substituents is 1. The number of ketones is 1. The lowest BCUT2D eigenvalue weighted by Crippen LogP contribution is -2.22. The fourth-order valence-electron chi connectivity index (χ4n) is 1.74. The third kappa shape index (κ3) is 3.70. The molecule has 8 heteroatoms. The van der Waals surface area contributed by atoms with E-state index in [0.717, 1.165) is 12.1 Å². The zero-order valence-electron chi connectivity index (χ0n) is 11.4. The van der Waals surface area contributed by atoms with Crippen LogP contribution in [-0.4, -0.2) is 16.6 Å². The Balaban J connectivity index is 2.14. The highest BCUT2D eigenvalue weighted by molar-refractivity contribution is 6.46. The van der Waals surface area contributed by atoms with Crippen LogP contribution in [-0.2, 0) is 4.79 Å². The first-order valence-electron chi connectivity index (χ1n) is 6.22. The van der Waals surface area contributed by atoms with Crippen LogP contribution < -0.4 is 5.32 Å². The van der Waals surface area contributed by atoms with Crippen LogP contribution in [0.4, 0.5) is 11.4 Å². The number of nitriles is 1. The quantitative estimate of drug-likeness (QED) is 0.401. The lowest BCUT2D eigenvalue weighted by atomic mass is 10.1. The van der Waals surface area contributed by atoms with Crippen LogP contribution in [0, 0.1) is 21.4 Å². The van der Waals surface area contributed by atoms with E-state index in [0.29, 0.717) is 0 Å². The molecule has 0 fully saturated rings. The molecule has 0 radical (unpaired) electrons. The van der Waals surface area contributed by atoms with Gasteiger partial charge in [-0.3, -0.25) is 19.7 Å². The Morgan fingerprint density at radius 2 is 1.83 bits per heavy atom. The molecule has 0 saturated heterocycles. The first-order valence-corrected chi connectivity index (χ1v) is 6.60. The molecule has 0 aliphatic rings. The summed E-state index contributed by atoms with van der Waals surface area (Å²) in [4.78, 5) is 33.8. The highest BCUT2D eigenvalue weighted by atomic mass is 35.5. The molecule has 0 bridgehead atoms. The van der Waals surface area contributed by atoms with Crippen molar-refractivity contribution in [3.05, 3.63) is 68.7 Å². The molecular weight excluding hydrogens is 322 g/mol. The number of nitro benzene ring substituents is 1. The van der Waals surface area contributed by atoms with Crippen LogP contribution in [0.1, 0.15) is 15.9 Å². The molecule has 2 rings (SSSR count). The van der Waals surface area contributed by atoms with E-state index in [9.17, 15) is 19.7 Å². The average molecular weight is 330 g/mol. The number of anilines is 1. The van der Waals surface area contributed by atoms with E-state index in [4.69, 9.17) is 16.9 Å². The van der Waals surface area contributed by atoms with Gasteiger partial charge in [-0.25, -0.2) is 0 Å². The Morgan fingerprint density at radius 1 is 1.17 bits per heavy atom. The summed E-state index contributed by atoms with van der Waals surface area (Å²) in [6, 6.07) is 10.7. The summed E-state index contributed by atoms with van der Waals surface area (Å²) < 4.78 is 0. The van der Waals surface area contributed by atoms with Gasteiger partial charge in [-0.2, -0.15) is 5.26 Å². The second kappa shape index (κ2) is 6.68. The van der Waals surface area contributed by atoms with Crippen LogP contribution >= 0.6 is 11.6 Å². The van der Waals surface area contributed by atoms with Crippen molar-refractivity contribution in [3.8, 4) is 6.07 Å². The number of benzene rings is 2. The maximum Gasteiger partial charge on any atom is 0.296 e. The second-order valence-electron chi connectivity index (χ2n) is 4.39. The highest BCUT2D eigenvalue weighted by Gasteiger charge is 2.18. The number of hydrogen-bond donors (Lipinski definition) is 1. The van der Waals surface area contributed by atoms with Gasteiger partial charge in [0.25, 0.3) is 17.4 Å². The minimum Gasteiger partial charge on any atom is -0.319 e. The van der Waals surface area contributed by atoms with Gasteiger partial charge in [-0.1, -0.05) is 11.6 Å². The zero-order valence-corrected chi connectivity index (χ0v) is 12.2. The van der Waals surface area contributed by atoms with Gasteiger partial charge in [0, 0.05) is 23.4 Å². The minimum absolute atomic E-state index is 0.0211. The molecule has 23 heavy (non-hydrogen) atoms. The number of hydrogen-bond acceptors (Lipinski definition) is 5. The predicted octanol–water partition coefficient (Wildman–Crippen LogP) is 2.94. The molecular formula is C15H8ClN3O4. The van der Waals surface area contributed by atoms with Crippen LogP contribution in [0.25, 0.3) is 0 Å². The fourth-order valence-corrected chi connectivity index (χ4v) is 1.96. The number of halogens is 1. The maximum atomic E-state index is 12.0. The maximum absolute atomic E-state index is 12.0. The topological polar surface area (TPSA) is 113 Å². The van der Waals surface area contributed by atoms with E-state index >= 15 is 0 Å². The normalized spacial score (nSPS) is 9.74. The molecule has 0 heterocycles. The first-order chi connectivity index (χ1) is 10.9. The van der Waals surface area contributed by atoms with E-state index < -0.39 is 16.6 Å². The van der Waals surface area contributed by atoms with E-state index in [1.54, 1.807) is 0 Å². The van der Waals surface area contributed by atoms with Crippen LogP contribution in [0.3, 0.4) is 0 Å². The summed E-state index contributed by atoms with van der Waals surface area (Å²) in [6.07, 6.45) is 0. The minimum atomic E-state index is -0.917. The van der Waals surface area contributed by atoms with Crippen LogP contribution in [0.5, 0.6) is 0 Å². The van der Waals surface area contributed by atoms with E-state index in [-0.39, 0.29) is 27.5 Å². The molecule has 0 aromatic heterocycles. The fraction of sp³-hybridized carbons (Fsp3) is 0. The smallest absolute Gasteiger partial charge is 0.296 e. The van der Waals surface area contributed by atoms with Gasteiger partial charge in [0.2, 0.25) is 0 Å². The summed E-state index contributed by atoms with van der Waals surface area (Å²) >= 11 is 5.83. The summed E-state index contributed by atoms with van der Waals surface area (Å²) in [7, 11) is 0. The van der Waals surface area contributed by atoms with Crippen LogP contribution in [0.2, 0.25) is 5.02 Å². The van der Waals surface area contributed by atoms with Gasteiger partial charge >= 0.3 is 0 Å². The van der Waals surface area contributed by atoms with Gasteiger partial charge in [0.1, 0.15) is 6.07 Å². The van der Waals surface area contributed by atoms with Crippen molar-refractivity contribution in [2.75, 3.05) is 5.32 Å². The summed E-state index contributed by atoms with van der Waals surface area (Å²) in [5.41, 5.74) is 0.342. The van der Waals surface area contributed by atoms with Gasteiger partial charge in [-0.05, 0) is 30.3 Å². The Labute approximate surface area is 135 Å². The summed E-state index contributed by atoms with van der Waals surface area (Å²) in [5, 5.41) is 21.8. The van der Waals surface area contributed by atoms with Gasteiger partial charge in [0.15, 0.2) is 0 Å². The third-order valence-corrected chi connectivity index (χ3v) is 3.21. The second-order valence-corrected chi connectivity index (χ2v) is 4.80. The molecule has 0 atom stereocenters. The van der Waals surface area contributed by atoms with Crippen molar-refractivity contribution in [2.24, 2.45) is 0 Å². The molecule has 0 aliphatic heterocycles. The first kappa shape index (κ1) is 16.1. The number of carbonyl (C=O) groups excluding carboxylic acids is 2. The Hall–Kier alpha value is -3.24. The summed E-state index contributed by atoms with van der Waals surface area (Å²) in [6.45, 7) is 0. The molecule has 114 valence electrons. The van der Waals surface area contributed by atoms with Crippen molar-refractivity contribution < 1.29 is 14.5 Å². The third-order valence-electron chi connectivity index (χ3n) is 2.89. The van der Waals surface area contributed by atoms with Gasteiger partial charge < -0.3 is 5.32 Å². The van der Waals surface area contributed by atoms with Crippen molar-refractivity contribution in [2.45, 2.75) is 0 Å². The largest absolute Gasteiger partial charge is 0.319 e. The van der Waals surface area contributed by atoms with Gasteiger partial charge in [0.05, 0.1) is 15.5 Å². The zero-order chi connectivity index (χ0) is 17.0. The van der Waals surface area contributed by atoms with E-state index in [2.05, 4.69) is 5.32 Å². The van der Waals surface area contributed by atoms with E-state index in [1.165, 1.54) is 30.3 Å². The van der Waals surface area contributed by atoms with Crippen molar-refractivity contribution in [1.29, 1.82) is 5.26 Å². The Bertz CT molecular complexity index is 841. The number of Topliss-reactive ketones (excluding diaryl/α,β-unsaturated/α-hetero) is 1. The van der Waals surface area contributed by atoms with Crippen molar-refractivity contribution in [1.82, 2.24) is 0 Å². The monoisotopic (exact) mass is 329 g/mol. The number of nitrogens with zero attached hydrogens (tertiary/aromatic N) is 2. The molecule has 1 amide bonds. The standard InChI is InChI=1S/C15H8ClN3O4/c16-13-7-11(4-1-10(13)8-17)18-15(21)14(20)9-2-5-12(6-3-9)19(22)23/h1-7H,(H,18,21). The summed E-state index contributed by atoms with van der Waals surface area (Å²) in [5.74, 6) is -1.76. The molecule has 1 N–H and O–H groups in total. The number of nitro groups is 1. The predicted molar refractivity (Wildman–Crippen MR) is 82.2 cm³/mol. The lowest BCUT2D eigenvalue weighted by Gasteiger charge is -2.05. The van der Waals surface area contributed by atoms with E-state index in [1.807, 2.05) is 6.07 Å².